The highest BCUT2D eigenvalue weighted by atomic mass is 16.6. The molecule has 0 radical (unpaired) electrons. The lowest BCUT2D eigenvalue weighted by molar-refractivity contribution is -0.402. The Labute approximate surface area is 172 Å². The molecule has 0 fully saturated rings. The number of carbonyl (C=O) groups excluding carboxylic acids is 2. The van der Waals surface area contributed by atoms with Crippen molar-refractivity contribution in [3.8, 4) is 0 Å². The molecule has 8 nitrogen and oxygen atoms in total. The van der Waals surface area contributed by atoms with Crippen LogP contribution in [0, 0.1) is 24.0 Å². The van der Waals surface area contributed by atoms with Crippen LogP contribution in [-0.2, 0) is 16.1 Å². The minimum Gasteiger partial charge on any atom is -0.454 e. The van der Waals surface area contributed by atoms with E-state index in [1.807, 2.05) is 48.7 Å². The highest BCUT2D eigenvalue weighted by Crippen LogP contribution is 2.19. The van der Waals surface area contributed by atoms with Gasteiger partial charge in [0.2, 0.25) is 5.78 Å². The maximum absolute atomic E-state index is 12.5. The first-order valence-corrected chi connectivity index (χ1v) is 9.18. The van der Waals surface area contributed by atoms with Gasteiger partial charge >= 0.3 is 11.9 Å². The van der Waals surface area contributed by atoms with Crippen LogP contribution in [0.2, 0.25) is 0 Å². The fourth-order valence-corrected chi connectivity index (χ4v) is 3.04. The number of ketones is 1. The summed E-state index contributed by atoms with van der Waals surface area (Å²) in [5.74, 6) is -1.35. The number of carbonyl (C=O) groups is 2. The van der Waals surface area contributed by atoms with Crippen molar-refractivity contribution in [2.24, 2.45) is 0 Å². The summed E-state index contributed by atoms with van der Waals surface area (Å²) in [7, 11) is 0. The largest absolute Gasteiger partial charge is 0.454 e. The van der Waals surface area contributed by atoms with Gasteiger partial charge in [-0.15, -0.1) is 0 Å². The summed E-state index contributed by atoms with van der Waals surface area (Å²) < 4.78 is 11.9. The number of esters is 1. The SMILES string of the molecule is Cc1cc(C(=O)COC(=O)/C=C/c2ccc([N+](=O)[O-])o2)c(C)n1Cc1ccccc1. The van der Waals surface area contributed by atoms with Crippen LogP contribution in [-0.4, -0.2) is 27.8 Å². The van der Waals surface area contributed by atoms with Crippen molar-refractivity contribution in [1.29, 1.82) is 0 Å². The molecule has 0 amide bonds. The molecule has 0 N–H and O–H groups in total. The van der Waals surface area contributed by atoms with Crippen LogP contribution in [0.4, 0.5) is 5.88 Å². The second-order valence-corrected chi connectivity index (χ2v) is 6.65. The molecule has 0 unspecified atom stereocenters. The average Bonchev–Trinajstić information content (AvgIpc) is 3.32. The second kappa shape index (κ2) is 9.04. The molecular formula is C22H20N2O6. The number of rotatable bonds is 8. The zero-order valence-corrected chi connectivity index (χ0v) is 16.5. The lowest BCUT2D eigenvalue weighted by Gasteiger charge is -2.10. The third-order valence-electron chi connectivity index (χ3n) is 4.58. The molecule has 0 saturated heterocycles. The summed E-state index contributed by atoms with van der Waals surface area (Å²) >= 11 is 0. The summed E-state index contributed by atoms with van der Waals surface area (Å²) in [5.41, 5.74) is 3.36. The monoisotopic (exact) mass is 408 g/mol. The van der Waals surface area contributed by atoms with E-state index in [-0.39, 0.29) is 11.5 Å². The van der Waals surface area contributed by atoms with Gasteiger partial charge in [0, 0.05) is 29.6 Å². The molecule has 1 aromatic carbocycles. The van der Waals surface area contributed by atoms with Crippen molar-refractivity contribution in [2.75, 3.05) is 6.61 Å². The quantitative estimate of drug-likeness (QED) is 0.183. The van der Waals surface area contributed by atoms with Crippen LogP contribution in [0.1, 0.15) is 33.1 Å². The third kappa shape index (κ3) is 4.91. The number of nitrogens with zero attached hydrogens (tertiary/aromatic N) is 2. The molecule has 2 aromatic heterocycles. The fraction of sp³-hybridized carbons (Fsp3) is 0.182. The number of aryl methyl sites for hydroxylation is 1. The maximum atomic E-state index is 12.5. The first-order chi connectivity index (χ1) is 14.3. The number of hydrogen-bond acceptors (Lipinski definition) is 6. The van der Waals surface area contributed by atoms with Gasteiger partial charge in [0.05, 0.1) is 6.07 Å². The van der Waals surface area contributed by atoms with E-state index >= 15 is 0 Å². The number of benzene rings is 1. The van der Waals surface area contributed by atoms with E-state index < -0.39 is 23.4 Å². The highest BCUT2D eigenvalue weighted by Gasteiger charge is 2.17. The smallest absolute Gasteiger partial charge is 0.433 e. The van der Waals surface area contributed by atoms with Crippen LogP contribution in [0.5, 0.6) is 0 Å². The zero-order valence-electron chi connectivity index (χ0n) is 16.5. The topological polar surface area (TPSA) is 105 Å². The Morgan fingerprint density at radius 1 is 1.17 bits per heavy atom. The Morgan fingerprint density at radius 3 is 2.57 bits per heavy atom. The molecule has 0 spiro atoms. The molecule has 0 atom stereocenters. The van der Waals surface area contributed by atoms with Crippen molar-refractivity contribution in [1.82, 2.24) is 4.57 Å². The molecular weight excluding hydrogens is 388 g/mol. The Balaban J connectivity index is 1.60. The number of furan rings is 1. The van der Waals surface area contributed by atoms with E-state index in [1.54, 1.807) is 6.07 Å². The Kier molecular flexibility index (Phi) is 6.26. The van der Waals surface area contributed by atoms with Gasteiger partial charge in [-0.3, -0.25) is 14.9 Å². The van der Waals surface area contributed by atoms with Crippen molar-refractivity contribution in [3.63, 3.8) is 0 Å². The van der Waals surface area contributed by atoms with E-state index in [9.17, 15) is 19.7 Å². The van der Waals surface area contributed by atoms with E-state index in [2.05, 4.69) is 0 Å². The number of nitro groups is 1. The summed E-state index contributed by atoms with van der Waals surface area (Å²) in [4.78, 5) is 34.3. The number of Topliss-reactive ketones (excluding diaryl/α,β-unsaturated/α-hetero) is 1. The lowest BCUT2D eigenvalue weighted by Crippen LogP contribution is -2.13. The number of ether oxygens (including phenoxy) is 1. The fourth-order valence-electron chi connectivity index (χ4n) is 3.04. The number of aromatic nitrogens is 1. The van der Waals surface area contributed by atoms with Crippen LogP contribution >= 0.6 is 0 Å². The molecule has 30 heavy (non-hydrogen) atoms. The second-order valence-electron chi connectivity index (χ2n) is 6.65. The summed E-state index contributed by atoms with van der Waals surface area (Å²) in [6.07, 6.45) is 2.29. The van der Waals surface area contributed by atoms with E-state index in [1.165, 1.54) is 18.2 Å². The van der Waals surface area contributed by atoms with Crippen LogP contribution < -0.4 is 0 Å². The van der Waals surface area contributed by atoms with Crippen LogP contribution in [0.15, 0.2) is 59.0 Å². The Morgan fingerprint density at radius 2 is 1.90 bits per heavy atom. The van der Waals surface area contributed by atoms with Gasteiger partial charge in [0.1, 0.15) is 10.7 Å². The van der Waals surface area contributed by atoms with Crippen molar-refractivity contribution in [2.45, 2.75) is 20.4 Å². The van der Waals surface area contributed by atoms with E-state index in [0.717, 1.165) is 23.0 Å². The first kappa shape index (κ1) is 20.8. The minimum absolute atomic E-state index is 0.134. The zero-order chi connectivity index (χ0) is 21.7. The van der Waals surface area contributed by atoms with Gasteiger partial charge in [-0.05, 0) is 37.6 Å². The van der Waals surface area contributed by atoms with Gasteiger partial charge in [-0.25, -0.2) is 4.79 Å². The highest BCUT2D eigenvalue weighted by molar-refractivity contribution is 6.00. The van der Waals surface area contributed by atoms with Crippen LogP contribution in [0.3, 0.4) is 0 Å². The predicted octanol–water partition coefficient (Wildman–Crippen LogP) is 4.09. The van der Waals surface area contributed by atoms with Gasteiger partial charge < -0.3 is 13.7 Å². The minimum atomic E-state index is -0.750. The molecule has 2 heterocycles. The Hall–Kier alpha value is -3.94. The molecule has 3 aromatic rings. The molecule has 154 valence electrons. The molecule has 0 saturated carbocycles. The normalized spacial score (nSPS) is 11.0. The summed E-state index contributed by atoms with van der Waals surface area (Å²) in [6, 6.07) is 14.2. The maximum Gasteiger partial charge on any atom is 0.433 e. The van der Waals surface area contributed by atoms with Crippen molar-refractivity contribution < 1.29 is 23.7 Å². The molecule has 3 rings (SSSR count). The third-order valence-corrected chi connectivity index (χ3v) is 4.58. The van der Waals surface area contributed by atoms with Gasteiger partial charge in [0.25, 0.3) is 0 Å². The van der Waals surface area contributed by atoms with Crippen LogP contribution in [0.25, 0.3) is 6.08 Å². The molecule has 0 aliphatic rings. The first-order valence-electron chi connectivity index (χ1n) is 9.18. The van der Waals surface area contributed by atoms with E-state index in [0.29, 0.717) is 12.1 Å². The lowest BCUT2D eigenvalue weighted by atomic mass is 10.1. The summed E-state index contributed by atoms with van der Waals surface area (Å²) in [5, 5.41) is 10.6. The van der Waals surface area contributed by atoms with Gasteiger partial charge in [-0.1, -0.05) is 30.3 Å². The molecule has 0 bridgehead atoms. The van der Waals surface area contributed by atoms with Gasteiger partial charge in [0.15, 0.2) is 6.61 Å². The Bertz CT molecular complexity index is 1110. The average molecular weight is 408 g/mol. The van der Waals surface area contributed by atoms with Crippen molar-refractivity contribution >= 4 is 23.7 Å². The molecule has 0 aliphatic carbocycles. The standard InChI is InChI=1S/C22H20N2O6/c1-15-12-19(16(2)23(15)13-17-6-4-3-5-7-17)20(25)14-29-22(26)11-9-18-8-10-21(30-18)24(27)28/h3-12H,13-14H2,1-2H3/b11-9+. The van der Waals surface area contributed by atoms with E-state index in [4.69, 9.17) is 9.15 Å². The predicted molar refractivity (Wildman–Crippen MR) is 109 cm³/mol. The summed E-state index contributed by atoms with van der Waals surface area (Å²) in [6.45, 7) is 4.01. The van der Waals surface area contributed by atoms with Crippen molar-refractivity contribution in [3.05, 3.63) is 93.0 Å². The van der Waals surface area contributed by atoms with Gasteiger partial charge in [-0.2, -0.15) is 0 Å². The number of hydrogen-bond donors (Lipinski definition) is 0. The molecule has 8 heteroatoms. The molecule has 0 aliphatic heterocycles.